The van der Waals surface area contributed by atoms with Gasteiger partial charge in [0.05, 0.1) is 12.2 Å². The monoisotopic (exact) mass is 453 g/mol. The van der Waals surface area contributed by atoms with Gasteiger partial charge in [-0.15, -0.1) is 0 Å². The van der Waals surface area contributed by atoms with Gasteiger partial charge in [-0.2, -0.15) is 10.1 Å². The normalized spacial score (nSPS) is 15.3. The summed E-state index contributed by atoms with van der Waals surface area (Å²) in [5.41, 5.74) is 1.76. The van der Waals surface area contributed by atoms with Crippen LogP contribution in [0.1, 0.15) is 25.5 Å². The Morgan fingerprint density at radius 3 is 2.33 bits per heavy atom. The molecule has 10 heteroatoms. The molecule has 0 aliphatic carbocycles. The van der Waals surface area contributed by atoms with Crippen molar-refractivity contribution in [1.82, 2.24) is 14.8 Å². The molecule has 1 atom stereocenters. The molecule has 170 valence electrons. The zero-order chi connectivity index (χ0) is 23.5. The van der Waals surface area contributed by atoms with Gasteiger partial charge in [0.1, 0.15) is 30.5 Å². The van der Waals surface area contributed by atoms with Crippen molar-refractivity contribution in [2.75, 3.05) is 23.4 Å². The number of carbonyl (C=O) groups is 2. The van der Waals surface area contributed by atoms with Gasteiger partial charge in [0, 0.05) is 11.4 Å². The first-order valence-electron chi connectivity index (χ1n) is 10.2. The SMILES string of the molecule is CCOC(=O)C1=C(C)N(CC(=O)Nc2ccc(F)cc2)c2ncnn2[C@@H]1c1ccc(F)cc1. The summed E-state index contributed by atoms with van der Waals surface area (Å²) in [5, 5.41) is 6.96. The number of allylic oxidation sites excluding steroid dienone is 1. The molecule has 0 saturated carbocycles. The van der Waals surface area contributed by atoms with Crippen LogP contribution < -0.4 is 10.2 Å². The third-order valence-corrected chi connectivity index (χ3v) is 5.22. The summed E-state index contributed by atoms with van der Waals surface area (Å²) in [4.78, 5) is 31.6. The van der Waals surface area contributed by atoms with Crippen LogP contribution in [0.4, 0.5) is 20.4 Å². The second-order valence-corrected chi connectivity index (χ2v) is 7.32. The lowest BCUT2D eigenvalue weighted by Crippen LogP contribution is -2.40. The average Bonchev–Trinajstić information content (AvgIpc) is 3.27. The van der Waals surface area contributed by atoms with Crippen LogP contribution in [0.2, 0.25) is 0 Å². The number of rotatable bonds is 6. The summed E-state index contributed by atoms with van der Waals surface area (Å²) in [6, 6.07) is 10.4. The third kappa shape index (κ3) is 4.45. The van der Waals surface area contributed by atoms with Crippen LogP contribution in [0.5, 0.6) is 0 Å². The van der Waals surface area contributed by atoms with Crippen molar-refractivity contribution in [2.24, 2.45) is 0 Å². The van der Waals surface area contributed by atoms with Crippen molar-refractivity contribution in [3.05, 3.63) is 83.3 Å². The van der Waals surface area contributed by atoms with E-state index < -0.39 is 29.6 Å². The molecule has 1 aliphatic rings. The van der Waals surface area contributed by atoms with Crippen molar-refractivity contribution in [2.45, 2.75) is 19.9 Å². The molecule has 3 aromatic rings. The van der Waals surface area contributed by atoms with Gasteiger partial charge in [0.15, 0.2) is 0 Å². The first kappa shape index (κ1) is 22.1. The first-order chi connectivity index (χ1) is 15.9. The quantitative estimate of drug-likeness (QED) is 0.575. The highest BCUT2D eigenvalue weighted by atomic mass is 19.1. The molecule has 1 amide bonds. The maximum absolute atomic E-state index is 13.5. The number of carbonyl (C=O) groups excluding carboxylic acids is 2. The van der Waals surface area contributed by atoms with Gasteiger partial charge in [0.25, 0.3) is 0 Å². The molecule has 0 bridgehead atoms. The average molecular weight is 453 g/mol. The minimum Gasteiger partial charge on any atom is -0.463 e. The number of esters is 1. The highest BCUT2D eigenvalue weighted by Gasteiger charge is 2.38. The van der Waals surface area contributed by atoms with E-state index in [0.29, 0.717) is 22.9 Å². The van der Waals surface area contributed by atoms with E-state index in [4.69, 9.17) is 4.74 Å². The highest BCUT2D eigenvalue weighted by Crippen LogP contribution is 2.38. The van der Waals surface area contributed by atoms with E-state index in [0.717, 1.165) is 0 Å². The van der Waals surface area contributed by atoms with Crippen LogP contribution in [0.25, 0.3) is 0 Å². The van der Waals surface area contributed by atoms with Crippen molar-refractivity contribution < 1.29 is 23.1 Å². The molecular weight excluding hydrogens is 432 g/mol. The predicted molar refractivity (Wildman–Crippen MR) is 116 cm³/mol. The zero-order valence-corrected chi connectivity index (χ0v) is 18.0. The lowest BCUT2D eigenvalue weighted by atomic mass is 9.95. The maximum Gasteiger partial charge on any atom is 0.338 e. The summed E-state index contributed by atoms with van der Waals surface area (Å²) in [6.45, 7) is 3.35. The number of nitrogens with one attached hydrogen (secondary N) is 1. The fraction of sp³-hybridized carbons (Fsp3) is 0.217. The number of halogens is 2. The molecule has 1 aliphatic heterocycles. The Morgan fingerprint density at radius 2 is 1.70 bits per heavy atom. The molecule has 0 radical (unpaired) electrons. The highest BCUT2D eigenvalue weighted by molar-refractivity contribution is 5.96. The Hall–Kier alpha value is -4.08. The van der Waals surface area contributed by atoms with E-state index in [-0.39, 0.29) is 18.7 Å². The summed E-state index contributed by atoms with van der Waals surface area (Å²) in [6.07, 6.45) is 1.32. The molecule has 1 N–H and O–H groups in total. The van der Waals surface area contributed by atoms with Crippen molar-refractivity contribution in [1.29, 1.82) is 0 Å². The van der Waals surface area contributed by atoms with Crippen molar-refractivity contribution >= 4 is 23.5 Å². The van der Waals surface area contributed by atoms with Crippen LogP contribution >= 0.6 is 0 Å². The number of amides is 1. The van der Waals surface area contributed by atoms with E-state index in [1.165, 1.54) is 47.4 Å². The maximum atomic E-state index is 13.5. The Bertz CT molecular complexity index is 1210. The van der Waals surface area contributed by atoms with E-state index in [1.54, 1.807) is 30.9 Å². The fourth-order valence-electron chi connectivity index (χ4n) is 3.72. The largest absolute Gasteiger partial charge is 0.463 e. The van der Waals surface area contributed by atoms with Crippen LogP contribution in [0.3, 0.4) is 0 Å². The van der Waals surface area contributed by atoms with Crippen molar-refractivity contribution in [3.63, 3.8) is 0 Å². The molecule has 8 nitrogen and oxygen atoms in total. The molecule has 0 saturated heterocycles. The van der Waals surface area contributed by atoms with Crippen LogP contribution in [-0.2, 0) is 14.3 Å². The second-order valence-electron chi connectivity index (χ2n) is 7.32. The Labute approximate surface area is 188 Å². The third-order valence-electron chi connectivity index (χ3n) is 5.22. The number of ether oxygens (including phenoxy) is 1. The van der Waals surface area contributed by atoms with E-state index in [1.807, 2.05) is 0 Å². The Kier molecular flexibility index (Phi) is 6.16. The minimum atomic E-state index is -0.710. The van der Waals surface area contributed by atoms with Gasteiger partial charge in [-0.25, -0.2) is 18.3 Å². The van der Waals surface area contributed by atoms with Crippen LogP contribution in [0.15, 0.2) is 66.1 Å². The molecule has 2 aromatic carbocycles. The number of nitrogens with zero attached hydrogens (tertiary/aromatic N) is 4. The molecule has 0 fully saturated rings. The lowest BCUT2D eigenvalue weighted by molar-refractivity contribution is -0.139. The number of fused-ring (bicyclic) bond motifs is 1. The van der Waals surface area contributed by atoms with Gasteiger partial charge in [-0.3, -0.25) is 4.79 Å². The molecule has 0 unspecified atom stereocenters. The molecular formula is C23H21F2N5O3. The van der Waals surface area contributed by atoms with Crippen LogP contribution in [0, 0.1) is 11.6 Å². The number of hydrogen-bond acceptors (Lipinski definition) is 6. The van der Waals surface area contributed by atoms with Gasteiger partial charge in [0.2, 0.25) is 11.9 Å². The smallest absolute Gasteiger partial charge is 0.338 e. The molecule has 33 heavy (non-hydrogen) atoms. The van der Waals surface area contributed by atoms with Gasteiger partial charge in [-0.05, 0) is 55.8 Å². The summed E-state index contributed by atoms with van der Waals surface area (Å²) >= 11 is 0. The first-order valence-corrected chi connectivity index (χ1v) is 10.2. The summed E-state index contributed by atoms with van der Waals surface area (Å²) in [5.74, 6) is -1.47. The molecule has 4 rings (SSSR count). The van der Waals surface area contributed by atoms with E-state index in [2.05, 4.69) is 15.4 Å². The van der Waals surface area contributed by atoms with Crippen LogP contribution in [-0.4, -0.2) is 39.8 Å². The Morgan fingerprint density at radius 1 is 1.06 bits per heavy atom. The number of anilines is 2. The topological polar surface area (TPSA) is 89.3 Å². The Balaban J connectivity index is 1.72. The van der Waals surface area contributed by atoms with E-state index >= 15 is 0 Å². The standard InChI is InChI=1S/C23H21F2N5O3/c1-3-33-22(32)20-14(2)29(12-19(31)28-18-10-8-17(25)9-11-18)23-26-13-27-30(23)21(20)15-4-6-16(24)7-5-15/h4-11,13,21H,3,12H2,1-2H3,(H,28,31)/t21-/m1/s1. The molecule has 1 aromatic heterocycles. The zero-order valence-electron chi connectivity index (χ0n) is 18.0. The molecule has 2 heterocycles. The second kappa shape index (κ2) is 9.19. The van der Waals surface area contributed by atoms with Gasteiger partial charge < -0.3 is 15.0 Å². The molecule has 0 spiro atoms. The van der Waals surface area contributed by atoms with Crippen molar-refractivity contribution in [3.8, 4) is 0 Å². The number of hydrogen-bond donors (Lipinski definition) is 1. The van der Waals surface area contributed by atoms with Gasteiger partial charge in [-0.1, -0.05) is 12.1 Å². The number of aromatic nitrogens is 3. The van der Waals surface area contributed by atoms with E-state index in [9.17, 15) is 18.4 Å². The van der Waals surface area contributed by atoms with Gasteiger partial charge >= 0.3 is 5.97 Å². The number of benzene rings is 2. The lowest BCUT2D eigenvalue weighted by Gasteiger charge is -2.35. The summed E-state index contributed by atoms with van der Waals surface area (Å²) in [7, 11) is 0. The predicted octanol–water partition coefficient (Wildman–Crippen LogP) is 3.44. The fourth-order valence-corrected chi connectivity index (χ4v) is 3.72. The summed E-state index contributed by atoms with van der Waals surface area (Å²) < 4.78 is 33.5. The minimum absolute atomic E-state index is 0.154.